The Morgan fingerprint density at radius 3 is 2.43 bits per heavy atom. The summed E-state index contributed by atoms with van der Waals surface area (Å²) in [5.41, 5.74) is 3.03. The number of rotatable bonds is 8. The lowest BCUT2D eigenvalue weighted by molar-refractivity contribution is 0.194. The minimum Gasteiger partial charge on any atom is -0.321 e. The first-order chi connectivity index (χ1) is 14.5. The van der Waals surface area contributed by atoms with Crippen LogP contribution in [0.5, 0.6) is 0 Å². The van der Waals surface area contributed by atoms with Crippen molar-refractivity contribution >= 4 is 22.6 Å². The number of H-pyrrole nitrogens is 1. The van der Waals surface area contributed by atoms with Gasteiger partial charge in [-0.25, -0.2) is 4.79 Å². The zero-order valence-corrected chi connectivity index (χ0v) is 17.9. The van der Waals surface area contributed by atoms with Crippen molar-refractivity contribution in [3.8, 4) is 0 Å². The molecule has 1 aromatic heterocycles. The van der Waals surface area contributed by atoms with E-state index in [0.29, 0.717) is 12.1 Å². The first-order valence-electron chi connectivity index (χ1n) is 10.5. The Bertz CT molecular complexity index is 1040. The molecule has 0 spiro atoms. The summed E-state index contributed by atoms with van der Waals surface area (Å²) < 4.78 is 0. The monoisotopic (exact) mass is 406 g/mol. The van der Waals surface area contributed by atoms with Crippen molar-refractivity contribution in [2.24, 2.45) is 0 Å². The number of amides is 2. The number of para-hydroxylation sites is 2. The van der Waals surface area contributed by atoms with Crippen LogP contribution < -0.4 is 10.9 Å². The van der Waals surface area contributed by atoms with Crippen LogP contribution in [0.1, 0.15) is 25.0 Å². The van der Waals surface area contributed by atoms with E-state index in [2.05, 4.69) is 29.0 Å². The highest BCUT2D eigenvalue weighted by Crippen LogP contribution is 2.16. The van der Waals surface area contributed by atoms with E-state index in [-0.39, 0.29) is 18.1 Å². The van der Waals surface area contributed by atoms with Crippen LogP contribution in [0.3, 0.4) is 0 Å². The zero-order valence-electron chi connectivity index (χ0n) is 17.9. The molecule has 0 radical (unpaired) electrons. The van der Waals surface area contributed by atoms with Crippen molar-refractivity contribution < 1.29 is 4.79 Å². The maximum Gasteiger partial charge on any atom is 0.322 e. The second-order valence-electron chi connectivity index (χ2n) is 7.41. The smallest absolute Gasteiger partial charge is 0.321 e. The van der Waals surface area contributed by atoms with Crippen molar-refractivity contribution in [2.45, 2.75) is 27.3 Å². The molecular formula is C24H30N4O2. The molecule has 0 saturated heterocycles. The summed E-state index contributed by atoms with van der Waals surface area (Å²) in [6.45, 7) is 9.55. The molecule has 2 N–H and O–H groups in total. The number of urea groups is 1. The lowest BCUT2D eigenvalue weighted by atomic mass is 10.1. The number of aromatic amines is 1. The summed E-state index contributed by atoms with van der Waals surface area (Å²) in [4.78, 5) is 32.7. The third kappa shape index (κ3) is 5.27. The Hall–Kier alpha value is -3.12. The number of nitrogens with zero attached hydrogens (tertiary/aromatic N) is 2. The van der Waals surface area contributed by atoms with E-state index in [4.69, 9.17) is 0 Å². The van der Waals surface area contributed by atoms with Gasteiger partial charge in [-0.05, 0) is 49.2 Å². The summed E-state index contributed by atoms with van der Waals surface area (Å²) in [5, 5.41) is 3.91. The molecule has 158 valence electrons. The van der Waals surface area contributed by atoms with Crippen molar-refractivity contribution in [1.29, 1.82) is 0 Å². The number of likely N-dealkylation sites (N-methyl/N-ethyl adjacent to an activating group) is 1. The molecule has 0 bridgehead atoms. The Labute approximate surface area is 177 Å². The van der Waals surface area contributed by atoms with Crippen LogP contribution >= 0.6 is 0 Å². The van der Waals surface area contributed by atoms with Gasteiger partial charge >= 0.3 is 6.03 Å². The van der Waals surface area contributed by atoms with Gasteiger partial charge in [-0.1, -0.05) is 50.2 Å². The van der Waals surface area contributed by atoms with Crippen LogP contribution in [0, 0.1) is 6.92 Å². The van der Waals surface area contributed by atoms with Crippen LogP contribution in [0.4, 0.5) is 10.5 Å². The number of benzene rings is 2. The topological polar surface area (TPSA) is 68.4 Å². The highest BCUT2D eigenvalue weighted by Gasteiger charge is 2.17. The number of nitrogens with one attached hydrogen (secondary N) is 2. The third-order valence-corrected chi connectivity index (χ3v) is 5.42. The molecule has 3 rings (SSSR count). The molecule has 0 unspecified atom stereocenters. The van der Waals surface area contributed by atoms with Crippen molar-refractivity contribution in [2.75, 3.05) is 31.5 Å². The van der Waals surface area contributed by atoms with Crippen molar-refractivity contribution in [3.05, 3.63) is 76.1 Å². The average Bonchev–Trinajstić information content (AvgIpc) is 2.75. The largest absolute Gasteiger partial charge is 0.322 e. The van der Waals surface area contributed by atoms with Gasteiger partial charge in [-0.2, -0.15) is 0 Å². The van der Waals surface area contributed by atoms with Gasteiger partial charge in [0, 0.05) is 24.3 Å². The van der Waals surface area contributed by atoms with Gasteiger partial charge in [0.25, 0.3) is 5.56 Å². The maximum absolute atomic E-state index is 13.0. The molecule has 0 fully saturated rings. The molecular weight excluding hydrogens is 376 g/mol. The second-order valence-corrected chi connectivity index (χ2v) is 7.41. The van der Waals surface area contributed by atoms with E-state index in [1.54, 1.807) is 4.90 Å². The van der Waals surface area contributed by atoms with Gasteiger partial charge in [0.1, 0.15) is 0 Å². The van der Waals surface area contributed by atoms with E-state index in [1.165, 1.54) is 0 Å². The van der Waals surface area contributed by atoms with Gasteiger partial charge in [0.05, 0.1) is 12.1 Å². The number of aromatic nitrogens is 1. The molecule has 0 atom stereocenters. The number of carbonyl (C=O) groups is 1. The number of aryl methyl sites for hydroxylation is 1. The lowest BCUT2D eigenvalue weighted by Crippen LogP contribution is -2.41. The van der Waals surface area contributed by atoms with Gasteiger partial charge in [-0.3, -0.25) is 4.79 Å². The fourth-order valence-electron chi connectivity index (χ4n) is 3.53. The lowest BCUT2D eigenvalue weighted by Gasteiger charge is -2.26. The van der Waals surface area contributed by atoms with E-state index < -0.39 is 0 Å². The van der Waals surface area contributed by atoms with E-state index in [9.17, 15) is 9.59 Å². The highest BCUT2D eigenvalue weighted by molar-refractivity contribution is 5.89. The van der Waals surface area contributed by atoms with Crippen LogP contribution in [0.15, 0.2) is 59.4 Å². The second kappa shape index (κ2) is 10.1. The summed E-state index contributed by atoms with van der Waals surface area (Å²) >= 11 is 0. The first kappa shape index (κ1) is 21.6. The van der Waals surface area contributed by atoms with Gasteiger partial charge in [0.15, 0.2) is 0 Å². The van der Waals surface area contributed by atoms with Crippen molar-refractivity contribution in [3.63, 3.8) is 0 Å². The SMILES string of the molecule is CCN(CC)CCN(Cc1cc2cccc(C)c2[nH]c1=O)C(=O)Nc1ccccc1. The van der Waals surface area contributed by atoms with Crippen LogP contribution in [-0.2, 0) is 6.54 Å². The van der Waals surface area contributed by atoms with Crippen LogP contribution in [0.2, 0.25) is 0 Å². The molecule has 0 saturated carbocycles. The number of carbonyl (C=O) groups excluding carboxylic acids is 1. The number of hydrogen-bond acceptors (Lipinski definition) is 3. The molecule has 1 heterocycles. The molecule has 6 heteroatoms. The quantitative estimate of drug-likeness (QED) is 0.589. The molecule has 0 aliphatic heterocycles. The Kier molecular flexibility index (Phi) is 7.25. The average molecular weight is 407 g/mol. The molecule has 2 aromatic carbocycles. The van der Waals surface area contributed by atoms with E-state index >= 15 is 0 Å². The van der Waals surface area contributed by atoms with Gasteiger partial charge in [-0.15, -0.1) is 0 Å². The van der Waals surface area contributed by atoms with Crippen LogP contribution in [-0.4, -0.2) is 47.0 Å². The minimum absolute atomic E-state index is 0.155. The van der Waals surface area contributed by atoms with Crippen LogP contribution in [0.25, 0.3) is 10.9 Å². The summed E-state index contributed by atoms with van der Waals surface area (Å²) in [5.74, 6) is 0. The summed E-state index contributed by atoms with van der Waals surface area (Å²) in [6.07, 6.45) is 0. The Balaban J connectivity index is 1.85. The third-order valence-electron chi connectivity index (χ3n) is 5.42. The van der Waals surface area contributed by atoms with Crippen molar-refractivity contribution in [1.82, 2.24) is 14.8 Å². The normalized spacial score (nSPS) is 11.1. The van der Waals surface area contributed by atoms with Gasteiger partial charge < -0.3 is 20.1 Å². The molecule has 2 amide bonds. The number of hydrogen-bond donors (Lipinski definition) is 2. The highest BCUT2D eigenvalue weighted by atomic mass is 16.2. The molecule has 0 aliphatic carbocycles. The fourth-order valence-corrected chi connectivity index (χ4v) is 3.53. The summed E-state index contributed by atoms with van der Waals surface area (Å²) in [6, 6.07) is 17.0. The Morgan fingerprint density at radius 2 is 1.73 bits per heavy atom. The van der Waals surface area contributed by atoms with E-state index in [0.717, 1.165) is 41.8 Å². The molecule has 0 aliphatic rings. The minimum atomic E-state index is -0.211. The Morgan fingerprint density at radius 1 is 1.00 bits per heavy atom. The maximum atomic E-state index is 13.0. The molecule has 30 heavy (non-hydrogen) atoms. The standard InChI is InChI=1S/C24H30N4O2/c1-4-27(5-2)14-15-28(24(30)25-21-12-7-6-8-13-21)17-20-16-19-11-9-10-18(3)22(19)26-23(20)29/h6-13,16H,4-5,14-15,17H2,1-3H3,(H,25,30)(H,26,29). The predicted molar refractivity (Wildman–Crippen MR) is 123 cm³/mol. The first-order valence-corrected chi connectivity index (χ1v) is 10.5. The number of pyridine rings is 1. The van der Waals surface area contributed by atoms with Gasteiger partial charge in [0.2, 0.25) is 0 Å². The fraction of sp³-hybridized carbons (Fsp3) is 0.333. The van der Waals surface area contributed by atoms with E-state index in [1.807, 2.05) is 61.5 Å². The number of anilines is 1. The summed E-state index contributed by atoms with van der Waals surface area (Å²) in [7, 11) is 0. The number of fused-ring (bicyclic) bond motifs is 1. The molecule has 6 nitrogen and oxygen atoms in total. The predicted octanol–water partition coefficient (Wildman–Crippen LogP) is 4.21. The molecule has 3 aromatic rings. The zero-order chi connectivity index (χ0) is 21.5.